The van der Waals surface area contributed by atoms with Crippen molar-refractivity contribution in [2.24, 2.45) is 5.73 Å². The van der Waals surface area contributed by atoms with Crippen LogP contribution in [0.4, 0.5) is 4.39 Å². The van der Waals surface area contributed by atoms with Crippen LogP contribution in [-0.4, -0.2) is 70.3 Å². The molecule has 1 unspecified atom stereocenters. The Kier molecular flexibility index (Phi) is 5.76. The van der Waals surface area contributed by atoms with Crippen molar-refractivity contribution < 1.29 is 14.0 Å². The van der Waals surface area contributed by atoms with E-state index in [0.29, 0.717) is 26.1 Å². The SMILES string of the molecule is CC[C@H](c1ccc(F)cc1)N1C(=O)[C@@H]2CC1CN2C[C@H](N)C(=O)N1CCC[C@H]1C#N. The molecule has 2 N–H and O–H groups in total. The van der Waals surface area contributed by atoms with Crippen molar-refractivity contribution in [1.29, 1.82) is 5.26 Å². The lowest BCUT2D eigenvalue weighted by molar-refractivity contribution is -0.141. The molecule has 2 bridgehead atoms. The summed E-state index contributed by atoms with van der Waals surface area (Å²) in [4.78, 5) is 31.4. The highest BCUT2D eigenvalue weighted by Crippen LogP contribution is 2.39. The van der Waals surface area contributed by atoms with E-state index in [1.165, 1.54) is 12.1 Å². The molecule has 0 saturated carbocycles. The van der Waals surface area contributed by atoms with Crippen molar-refractivity contribution in [2.75, 3.05) is 19.6 Å². The Labute approximate surface area is 176 Å². The Hall–Kier alpha value is -2.50. The molecule has 0 spiro atoms. The highest BCUT2D eigenvalue weighted by Gasteiger charge is 2.52. The van der Waals surface area contributed by atoms with E-state index in [-0.39, 0.29) is 35.8 Å². The van der Waals surface area contributed by atoms with E-state index >= 15 is 0 Å². The van der Waals surface area contributed by atoms with E-state index in [2.05, 4.69) is 6.07 Å². The van der Waals surface area contributed by atoms with Gasteiger partial charge in [0, 0.05) is 25.7 Å². The number of fused-ring (bicyclic) bond motifs is 2. The van der Waals surface area contributed by atoms with Crippen LogP contribution in [0, 0.1) is 17.1 Å². The van der Waals surface area contributed by atoms with Gasteiger partial charge in [-0.3, -0.25) is 14.5 Å². The maximum absolute atomic E-state index is 13.3. The monoisotopic (exact) mass is 413 g/mol. The first-order valence-corrected chi connectivity index (χ1v) is 10.7. The highest BCUT2D eigenvalue weighted by molar-refractivity contribution is 5.87. The largest absolute Gasteiger partial charge is 0.330 e. The van der Waals surface area contributed by atoms with E-state index < -0.39 is 12.1 Å². The minimum atomic E-state index is -0.737. The van der Waals surface area contributed by atoms with Gasteiger partial charge in [-0.1, -0.05) is 19.1 Å². The lowest BCUT2D eigenvalue weighted by Gasteiger charge is -2.39. The van der Waals surface area contributed by atoms with Gasteiger partial charge in [0.15, 0.2) is 0 Å². The van der Waals surface area contributed by atoms with Gasteiger partial charge in [-0.15, -0.1) is 0 Å². The molecule has 8 heteroatoms. The van der Waals surface area contributed by atoms with Gasteiger partial charge in [-0.05, 0) is 43.4 Å². The fraction of sp³-hybridized carbons (Fsp3) is 0.591. The molecule has 3 aliphatic rings. The number of piperazine rings is 1. The molecule has 2 amide bonds. The molecule has 3 saturated heterocycles. The van der Waals surface area contributed by atoms with Crippen LogP contribution in [0.5, 0.6) is 0 Å². The number of hydrogen-bond donors (Lipinski definition) is 1. The number of benzene rings is 1. The van der Waals surface area contributed by atoms with Gasteiger partial charge in [0.1, 0.15) is 11.9 Å². The maximum atomic E-state index is 13.3. The first-order chi connectivity index (χ1) is 14.4. The van der Waals surface area contributed by atoms with Gasteiger partial charge in [0.25, 0.3) is 0 Å². The lowest BCUT2D eigenvalue weighted by atomic mass is 10.0. The molecule has 30 heavy (non-hydrogen) atoms. The second-order valence-corrected chi connectivity index (χ2v) is 8.51. The van der Waals surface area contributed by atoms with Crippen LogP contribution in [0.1, 0.15) is 44.2 Å². The van der Waals surface area contributed by atoms with Gasteiger partial charge in [-0.25, -0.2) is 4.39 Å². The standard InChI is InChI=1S/C22H28FN5O2/c1-2-19(14-5-7-15(23)8-6-14)28-17-10-20(22(28)30)26(12-17)13-18(25)21(29)27-9-3-4-16(27)11-24/h5-8,16-20H,2-4,9-10,12-13,25H2,1H3/t16-,17?,18-,19+,20-/m0/s1. The highest BCUT2D eigenvalue weighted by atomic mass is 19.1. The zero-order valence-corrected chi connectivity index (χ0v) is 17.2. The first kappa shape index (κ1) is 20.8. The van der Waals surface area contributed by atoms with E-state index in [4.69, 9.17) is 5.73 Å². The summed E-state index contributed by atoms with van der Waals surface area (Å²) in [7, 11) is 0. The van der Waals surface area contributed by atoms with Crippen molar-refractivity contribution in [3.05, 3.63) is 35.6 Å². The average molecular weight is 413 g/mol. The second-order valence-electron chi connectivity index (χ2n) is 8.51. The molecule has 160 valence electrons. The summed E-state index contributed by atoms with van der Waals surface area (Å²) < 4.78 is 13.3. The molecule has 4 rings (SSSR count). The van der Waals surface area contributed by atoms with Gasteiger partial charge in [0.2, 0.25) is 11.8 Å². The van der Waals surface area contributed by atoms with E-state index in [1.807, 2.05) is 16.7 Å². The van der Waals surface area contributed by atoms with Crippen molar-refractivity contribution in [1.82, 2.24) is 14.7 Å². The quantitative estimate of drug-likeness (QED) is 0.761. The third kappa shape index (κ3) is 3.57. The van der Waals surface area contributed by atoms with E-state index in [1.54, 1.807) is 17.0 Å². The molecule has 3 aliphatic heterocycles. The molecule has 7 nitrogen and oxygen atoms in total. The number of rotatable bonds is 6. The molecule has 3 fully saturated rings. The summed E-state index contributed by atoms with van der Waals surface area (Å²) >= 11 is 0. The van der Waals surface area contributed by atoms with E-state index in [9.17, 15) is 19.2 Å². The zero-order chi connectivity index (χ0) is 21.4. The Balaban J connectivity index is 1.41. The Morgan fingerprint density at radius 1 is 1.37 bits per heavy atom. The molecule has 3 heterocycles. The lowest BCUT2D eigenvalue weighted by Crippen LogP contribution is -2.56. The molecule has 5 atom stereocenters. The molecular formula is C22H28FN5O2. The van der Waals surface area contributed by atoms with Gasteiger partial charge in [0.05, 0.1) is 24.2 Å². The number of amides is 2. The fourth-order valence-corrected chi connectivity index (χ4v) is 5.29. The van der Waals surface area contributed by atoms with Crippen molar-refractivity contribution >= 4 is 11.8 Å². The number of nitrogens with zero attached hydrogens (tertiary/aromatic N) is 4. The minimum Gasteiger partial charge on any atom is -0.330 e. The summed E-state index contributed by atoms with van der Waals surface area (Å²) in [6.07, 6.45) is 2.99. The third-order valence-electron chi connectivity index (χ3n) is 6.72. The molecule has 1 aromatic carbocycles. The van der Waals surface area contributed by atoms with Gasteiger partial charge >= 0.3 is 0 Å². The van der Waals surface area contributed by atoms with Crippen molar-refractivity contribution in [3.63, 3.8) is 0 Å². The summed E-state index contributed by atoms with van der Waals surface area (Å²) in [6, 6.07) is 7.12. The Bertz CT molecular complexity index is 854. The number of nitrogens with two attached hydrogens (primary N) is 1. The molecule has 0 aliphatic carbocycles. The van der Waals surface area contributed by atoms with Crippen LogP contribution < -0.4 is 5.73 Å². The normalized spacial score (nSPS) is 28.1. The van der Waals surface area contributed by atoms with Crippen molar-refractivity contribution in [3.8, 4) is 6.07 Å². The van der Waals surface area contributed by atoms with E-state index in [0.717, 1.165) is 24.8 Å². The zero-order valence-electron chi connectivity index (χ0n) is 17.2. The van der Waals surface area contributed by atoms with Gasteiger partial charge < -0.3 is 15.5 Å². The number of halogens is 1. The topological polar surface area (TPSA) is 93.7 Å². The average Bonchev–Trinajstić information content (AvgIpc) is 3.45. The summed E-state index contributed by atoms with van der Waals surface area (Å²) in [6.45, 7) is 3.60. The predicted molar refractivity (Wildman–Crippen MR) is 108 cm³/mol. The summed E-state index contributed by atoms with van der Waals surface area (Å²) in [5.41, 5.74) is 7.13. The smallest absolute Gasteiger partial charge is 0.241 e. The van der Waals surface area contributed by atoms with Crippen LogP contribution in [0.15, 0.2) is 24.3 Å². The number of carbonyl (C=O) groups excluding carboxylic acids is 2. The molecule has 0 radical (unpaired) electrons. The van der Waals surface area contributed by atoms with Crippen LogP contribution in [0.25, 0.3) is 0 Å². The van der Waals surface area contributed by atoms with Crippen molar-refractivity contribution in [2.45, 2.75) is 62.8 Å². The predicted octanol–water partition coefficient (Wildman–Crippen LogP) is 1.40. The number of hydrogen-bond acceptors (Lipinski definition) is 5. The number of carbonyl (C=O) groups is 2. The first-order valence-electron chi connectivity index (χ1n) is 10.7. The van der Waals surface area contributed by atoms with Crippen LogP contribution in [-0.2, 0) is 9.59 Å². The Morgan fingerprint density at radius 3 is 2.73 bits per heavy atom. The number of likely N-dealkylation sites (tertiary alicyclic amines) is 3. The molecule has 1 aromatic rings. The maximum Gasteiger partial charge on any atom is 0.241 e. The van der Waals surface area contributed by atoms with Crippen LogP contribution >= 0.6 is 0 Å². The van der Waals surface area contributed by atoms with Crippen LogP contribution in [0.2, 0.25) is 0 Å². The third-order valence-corrected chi connectivity index (χ3v) is 6.72. The fourth-order valence-electron chi connectivity index (χ4n) is 5.29. The molecular weight excluding hydrogens is 385 g/mol. The minimum absolute atomic E-state index is 0.0538. The number of nitriles is 1. The summed E-state index contributed by atoms with van der Waals surface area (Å²) in [5, 5.41) is 9.22. The van der Waals surface area contributed by atoms with Crippen LogP contribution in [0.3, 0.4) is 0 Å². The summed E-state index contributed by atoms with van der Waals surface area (Å²) in [5.74, 6) is -0.439. The Morgan fingerprint density at radius 2 is 2.10 bits per heavy atom. The molecule has 0 aromatic heterocycles. The van der Waals surface area contributed by atoms with Gasteiger partial charge in [-0.2, -0.15) is 5.26 Å². The second kappa shape index (κ2) is 8.32.